The maximum absolute atomic E-state index is 13.6. The fraction of sp³-hybridized carbons (Fsp3) is 0.750. The van der Waals surface area contributed by atoms with E-state index in [1.165, 1.54) is 30.4 Å². The molecule has 0 N–H and O–H groups in total. The van der Waals surface area contributed by atoms with Gasteiger partial charge in [0.25, 0.3) is 0 Å². The van der Waals surface area contributed by atoms with Gasteiger partial charge in [0.2, 0.25) is 0 Å². The van der Waals surface area contributed by atoms with Crippen molar-refractivity contribution < 1.29 is 9.13 Å². The van der Waals surface area contributed by atoms with Gasteiger partial charge in [-0.05, 0) is 26.7 Å². The Labute approximate surface area is 128 Å². The maximum Gasteiger partial charge on any atom is 0.163 e. The summed E-state index contributed by atoms with van der Waals surface area (Å²) in [4.78, 5) is 0. The summed E-state index contributed by atoms with van der Waals surface area (Å²) in [5.74, 6) is 0. The molecule has 0 spiro atoms. The summed E-state index contributed by atoms with van der Waals surface area (Å²) in [6, 6.07) is 0.286. The first-order valence-electron chi connectivity index (χ1n) is 8.21. The second-order valence-electron chi connectivity index (χ2n) is 7.09. The van der Waals surface area contributed by atoms with Gasteiger partial charge in [0, 0.05) is 30.7 Å². The van der Waals surface area contributed by atoms with Crippen LogP contribution in [-0.4, -0.2) is 35.1 Å². The van der Waals surface area contributed by atoms with Crippen molar-refractivity contribution >= 4 is 14.6 Å². The largest absolute Gasteiger partial charge is 0.305 e. The van der Waals surface area contributed by atoms with Crippen LogP contribution in [0.2, 0.25) is 0 Å². The van der Waals surface area contributed by atoms with Gasteiger partial charge >= 0.3 is 0 Å². The highest BCUT2D eigenvalue weighted by atomic mass is 31.2. The Hall–Kier alpha value is -0.100. The molecule has 2 unspecified atom stereocenters. The van der Waals surface area contributed by atoms with Gasteiger partial charge < -0.3 is 9.13 Å². The van der Waals surface area contributed by atoms with Crippen LogP contribution in [-0.2, 0) is 9.13 Å². The molecule has 3 rings (SSSR count). The predicted octanol–water partition coefficient (Wildman–Crippen LogP) is 5.10. The van der Waals surface area contributed by atoms with Gasteiger partial charge in [0.05, 0.1) is 0 Å². The lowest BCUT2D eigenvalue weighted by Crippen LogP contribution is -2.33. The first-order valence-corrected chi connectivity index (χ1v) is 12.3. The van der Waals surface area contributed by atoms with Gasteiger partial charge in [-0.1, -0.05) is 42.6 Å². The van der Waals surface area contributed by atoms with Crippen LogP contribution < -0.4 is 0 Å². The Bertz CT molecular complexity index is 531. The summed E-state index contributed by atoms with van der Waals surface area (Å²) in [7, 11) is -5.00. The second-order valence-corrected chi connectivity index (χ2v) is 13.0. The zero-order valence-corrected chi connectivity index (χ0v) is 15.0. The summed E-state index contributed by atoms with van der Waals surface area (Å²) < 4.78 is 29.3. The number of hydrogen-bond donors (Lipinski definition) is 0. The quantitative estimate of drug-likeness (QED) is 0.535. The molecule has 21 heavy (non-hydrogen) atoms. The summed E-state index contributed by atoms with van der Waals surface area (Å²) in [6.07, 6.45) is 12.6. The van der Waals surface area contributed by atoms with Gasteiger partial charge in [0.1, 0.15) is 0 Å². The summed E-state index contributed by atoms with van der Waals surface area (Å²) in [6.45, 7) is 4.12. The Morgan fingerprint density at radius 2 is 1.38 bits per heavy atom. The van der Waals surface area contributed by atoms with Crippen LogP contribution in [0.3, 0.4) is 0 Å². The topological polar surface area (TPSA) is 37.4 Å². The third-order valence-electron chi connectivity index (χ3n) is 5.09. The van der Waals surface area contributed by atoms with E-state index >= 15 is 0 Å². The molecule has 3 aliphatic rings. The van der Waals surface area contributed by atoms with Crippen molar-refractivity contribution in [2.75, 3.05) is 24.6 Å². The third-order valence-corrected chi connectivity index (χ3v) is 12.7. The Morgan fingerprint density at radius 3 is 1.76 bits per heavy atom. The van der Waals surface area contributed by atoms with Crippen molar-refractivity contribution in [3.05, 3.63) is 23.3 Å². The van der Waals surface area contributed by atoms with Gasteiger partial charge in [0.15, 0.2) is 14.6 Å². The van der Waals surface area contributed by atoms with Gasteiger partial charge in [-0.3, -0.25) is 0 Å². The molecule has 2 aliphatic heterocycles. The van der Waals surface area contributed by atoms with E-state index < -0.39 is 14.6 Å². The van der Waals surface area contributed by atoms with E-state index in [1.54, 1.807) is 0 Å². The van der Waals surface area contributed by atoms with Gasteiger partial charge in [-0.25, -0.2) is 0 Å². The molecule has 0 amide bonds. The van der Waals surface area contributed by atoms with Crippen molar-refractivity contribution in [1.29, 1.82) is 0 Å². The van der Waals surface area contributed by atoms with Gasteiger partial charge in [-0.15, -0.1) is 0 Å². The highest BCUT2D eigenvalue weighted by molar-refractivity contribution is 7.77. The number of allylic oxidation sites excluding steroid dienone is 4. The molecule has 118 valence electrons. The summed E-state index contributed by atoms with van der Waals surface area (Å²) in [5, 5.41) is 0. The highest BCUT2D eigenvalue weighted by Crippen LogP contribution is 2.72. The van der Waals surface area contributed by atoms with Crippen molar-refractivity contribution in [1.82, 2.24) is 4.44 Å². The van der Waals surface area contributed by atoms with Gasteiger partial charge in [-0.2, -0.15) is 4.44 Å². The molecule has 0 saturated heterocycles. The summed E-state index contributed by atoms with van der Waals surface area (Å²) in [5.41, 5.74) is 2.43. The molecule has 1 saturated carbocycles. The van der Waals surface area contributed by atoms with Crippen LogP contribution in [0.5, 0.6) is 0 Å². The smallest absolute Gasteiger partial charge is 0.163 e. The van der Waals surface area contributed by atoms with E-state index in [0.29, 0.717) is 24.6 Å². The molecule has 0 aromatic carbocycles. The fourth-order valence-corrected chi connectivity index (χ4v) is 12.9. The lowest BCUT2D eigenvalue weighted by atomic mass is 9.96. The zero-order chi connectivity index (χ0) is 15.1. The first kappa shape index (κ1) is 15.8. The zero-order valence-electron chi connectivity index (χ0n) is 13.3. The Morgan fingerprint density at radius 1 is 0.905 bits per heavy atom. The average Bonchev–Trinajstić information content (AvgIpc) is 2.95. The lowest BCUT2D eigenvalue weighted by Gasteiger charge is -2.42. The highest BCUT2D eigenvalue weighted by Gasteiger charge is 2.48. The fourth-order valence-electron chi connectivity index (χ4n) is 4.15. The molecule has 1 aliphatic carbocycles. The monoisotopic (exact) mass is 327 g/mol. The Balaban J connectivity index is 1.92. The lowest BCUT2D eigenvalue weighted by molar-refractivity contribution is 0.328. The van der Waals surface area contributed by atoms with E-state index in [2.05, 4.69) is 30.4 Å². The molecule has 1 fully saturated rings. The minimum atomic E-state index is -2.50. The molecule has 3 nitrogen and oxygen atoms in total. The molecule has 0 aromatic heterocycles. The van der Waals surface area contributed by atoms with Crippen LogP contribution in [0.15, 0.2) is 23.3 Å². The summed E-state index contributed by atoms with van der Waals surface area (Å²) >= 11 is 0. The first-order chi connectivity index (χ1) is 9.93. The van der Waals surface area contributed by atoms with Crippen LogP contribution in [0.1, 0.15) is 46.0 Å². The van der Waals surface area contributed by atoms with Crippen molar-refractivity contribution in [2.45, 2.75) is 52.0 Å². The van der Waals surface area contributed by atoms with Crippen LogP contribution in [0.25, 0.3) is 0 Å². The van der Waals surface area contributed by atoms with Crippen LogP contribution in [0.4, 0.5) is 0 Å². The second kappa shape index (κ2) is 5.84. The minimum absolute atomic E-state index is 0.286. The number of rotatable bonds is 3. The SMILES string of the molecule is CC1=CCP(=O)(N(C2CCCCC2)P2(=O)CC=C(C)C2)C1. The maximum atomic E-state index is 13.6. The van der Waals surface area contributed by atoms with E-state index in [4.69, 9.17) is 0 Å². The van der Waals surface area contributed by atoms with Crippen LogP contribution in [0, 0.1) is 0 Å². The molecule has 0 bridgehead atoms. The third kappa shape index (κ3) is 3.03. The minimum Gasteiger partial charge on any atom is -0.305 e. The van der Waals surface area contributed by atoms with Crippen LogP contribution >= 0.6 is 14.6 Å². The molecule has 5 heteroatoms. The van der Waals surface area contributed by atoms with Crippen molar-refractivity contribution in [2.24, 2.45) is 0 Å². The molecular weight excluding hydrogens is 300 g/mol. The van der Waals surface area contributed by atoms with E-state index in [1.807, 2.05) is 0 Å². The molecule has 2 heterocycles. The Kier molecular flexibility index (Phi) is 4.39. The molecule has 0 radical (unpaired) electrons. The van der Waals surface area contributed by atoms with E-state index in [9.17, 15) is 9.13 Å². The standard InChI is InChI=1S/C16H27NO2P2/c1-14-8-10-20(18,12-14)17(16-6-4-3-5-7-16)21(19)11-9-15(2)13-21/h8-9,16H,3-7,10-13H2,1-2H3. The van der Waals surface area contributed by atoms with Crippen molar-refractivity contribution in [3.8, 4) is 0 Å². The molecular formula is C16H27NO2P2. The normalized spacial score (nSPS) is 37.9. The number of hydrogen-bond acceptors (Lipinski definition) is 2. The molecule has 2 atom stereocenters. The van der Waals surface area contributed by atoms with E-state index in [0.717, 1.165) is 12.8 Å². The van der Waals surface area contributed by atoms with E-state index in [-0.39, 0.29) is 6.04 Å². The average molecular weight is 327 g/mol. The number of nitrogens with zero attached hydrogens (tertiary/aromatic N) is 1. The van der Waals surface area contributed by atoms with Crippen molar-refractivity contribution in [3.63, 3.8) is 0 Å². The predicted molar refractivity (Wildman–Crippen MR) is 90.9 cm³/mol. The molecule has 0 aromatic rings.